The molecule has 1 atom stereocenters. The van der Waals surface area contributed by atoms with Gasteiger partial charge in [0.15, 0.2) is 0 Å². The molecule has 2 rings (SSSR count). The second-order valence-corrected chi connectivity index (χ2v) is 4.38. The van der Waals surface area contributed by atoms with Crippen LogP contribution >= 0.6 is 0 Å². The molecule has 0 spiro atoms. The van der Waals surface area contributed by atoms with Crippen molar-refractivity contribution in [2.24, 2.45) is 0 Å². The summed E-state index contributed by atoms with van der Waals surface area (Å²) in [6, 6.07) is -0.255. The van der Waals surface area contributed by atoms with Gasteiger partial charge in [-0.05, 0) is 12.8 Å². The summed E-state index contributed by atoms with van der Waals surface area (Å²) in [5.41, 5.74) is 0. The van der Waals surface area contributed by atoms with E-state index in [2.05, 4.69) is 5.32 Å². The molecule has 1 heterocycles. The molecule has 1 saturated carbocycles. The van der Waals surface area contributed by atoms with Gasteiger partial charge in [-0.2, -0.15) is 13.2 Å². The molecule has 0 aromatic carbocycles. The largest absolute Gasteiger partial charge is 0.406 e. The van der Waals surface area contributed by atoms with Crippen molar-refractivity contribution in [2.45, 2.75) is 31.2 Å². The van der Waals surface area contributed by atoms with Gasteiger partial charge in [0.05, 0.1) is 6.61 Å². The third-order valence-electron chi connectivity index (χ3n) is 2.82. The Balaban J connectivity index is 1.97. The second-order valence-electron chi connectivity index (χ2n) is 4.38. The summed E-state index contributed by atoms with van der Waals surface area (Å²) >= 11 is 0. The van der Waals surface area contributed by atoms with Crippen LogP contribution in [-0.2, 0) is 9.53 Å². The zero-order valence-electron chi connectivity index (χ0n) is 9.29. The van der Waals surface area contributed by atoms with Crippen molar-refractivity contribution in [1.82, 2.24) is 10.2 Å². The highest BCUT2D eigenvalue weighted by Gasteiger charge is 2.42. The SMILES string of the molecule is O=C(C1CNCCO1)N(CC(F)(F)F)C1CC1. The van der Waals surface area contributed by atoms with Crippen LogP contribution < -0.4 is 5.32 Å². The van der Waals surface area contributed by atoms with E-state index < -0.39 is 24.7 Å². The van der Waals surface area contributed by atoms with Crippen LogP contribution in [0.4, 0.5) is 13.2 Å². The van der Waals surface area contributed by atoms with E-state index in [0.29, 0.717) is 32.5 Å². The van der Waals surface area contributed by atoms with Gasteiger partial charge in [-0.3, -0.25) is 4.79 Å². The van der Waals surface area contributed by atoms with E-state index in [1.54, 1.807) is 0 Å². The van der Waals surface area contributed by atoms with Crippen molar-refractivity contribution >= 4 is 5.91 Å². The Bertz CT molecular complexity index is 286. The predicted octanol–water partition coefficient (Wildman–Crippen LogP) is 0.528. The zero-order chi connectivity index (χ0) is 12.5. The first-order valence-corrected chi connectivity index (χ1v) is 5.67. The standard InChI is InChI=1S/C10H15F3N2O2/c11-10(12,13)6-15(7-1-2-7)9(16)8-5-14-3-4-17-8/h7-8,14H,1-6H2. The van der Waals surface area contributed by atoms with Crippen LogP contribution in [0.2, 0.25) is 0 Å². The first-order valence-electron chi connectivity index (χ1n) is 5.67. The molecule has 1 unspecified atom stereocenters. The number of carbonyl (C=O) groups excluding carboxylic acids is 1. The Morgan fingerprint density at radius 2 is 2.12 bits per heavy atom. The minimum absolute atomic E-state index is 0.255. The summed E-state index contributed by atoms with van der Waals surface area (Å²) < 4.78 is 42.3. The number of hydrogen-bond acceptors (Lipinski definition) is 3. The van der Waals surface area contributed by atoms with E-state index in [1.165, 1.54) is 0 Å². The number of halogens is 3. The molecule has 98 valence electrons. The highest BCUT2D eigenvalue weighted by atomic mass is 19.4. The number of hydrogen-bond donors (Lipinski definition) is 1. The van der Waals surface area contributed by atoms with Crippen LogP contribution in [0.15, 0.2) is 0 Å². The van der Waals surface area contributed by atoms with Gasteiger partial charge in [0.25, 0.3) is 5.91 Å². The molecule has 2 aliphatic rings. The van der Waals surface area contributed by atoms with Gasteiger partial charge in [-0.15, -0.1) is 0 Å². The van der Waals surface area contributed by atoms with Gasteiger partial charge < -0.3 is 15.0 Å². The van der Waals surface area contributed by atoms with Gasteiger partial charge in [0.1, 0.15) is 12.6 Å². The van der Waals surface area contributed by atoms with E-state index >= 15 is 0 Å². The van der Waals surface area contributed by atoms with E-state index in [4.69, 9.17) is 4.74 Å². The van der Waals surface area contributed by atoms with E-state index in [-0.39, 0.29) is 6.04 Å². The summed E-state index contributed by atoms with van der Waals surface area (Å²) in [6.45, 7) is 0.115. The summed E-state index contributed by atoms with van der Waals surface area (Å²) in [4.78, 5) is 12.8. The topological polar surface area (TPSA) is 41.6 Å². The summed E-state index contributed by atoms with van der Waals surface area (Å²) in [7, 11) is 0. The third kappa shape index (κ3) is 3.57. The molecule has 0 aromatic rings. The molecule has 17 heavy (non-hydrogen) atoms. The lowest BCUT2D eigenvalue weighted by Crippen LogP contribution is -2.52. The number of nitrogens with one attached hydrogen (secondary N) is 1. The van der Waals surface area contributed by atoms with Crippen molar-refractivity contribution in [3.8, 4) is 0 Å². The van der Waals surface area contributed by atoms with Gasteiger partial charge in [-0.25, -0.2) is 0 Å². The number of nitrogens with zero attached hydrogens (tertiary/aromatic N) is 1. The summed E-state index contributed by atoms with van der Waals surface area (Å²) in [5, 5.41) is 2.94. The molecule has 4 nitrogen and oxygen atoms in total. The Hall–Kier alpha value is -0.820. The van der Waals surface area contributed by atoms with Crippen LogP contribution in [0.25, 0.3) is 0 Å². The van der Waals surface area contributed by atoms with Gasteiger partial charge in [0, 0.05) is 19.1 Å². The number of alkyl halides is 3. The van der Waals surface area contributed by atoms with Crippen LogP contribution in [-0.4, -0.2) is 55.4 Å². The lowest BCUT2D eigenvalue weighted by Gasteiger charge is -2.30. The fourth-order valence-corrected chi connectivity index (χ4v) is 1.88. The van der Waals surface area contributed by atoms with Gasteiger partial charge in [0.2, 0.25) is 0 Å². The molecule has 2 fully saturated rings. The number of rotatable bonds is 3. The Morgan fingerprint density at radius 3 is 2.59 bits per heavy atom. The monoisotopic (exact) mass is 252 g/mol. The van der Waals surface area contributed by atoms with Crippen LogP contribution in [0.5, 0.6) is 0 Å². The maximum Gasteiger partial charge on any atom is 0.406 e. The van der Waals surface area contributed by atoms with Gasteiger partial charge >= 0.3 is 6.18 Å². The molecule has 1 aliphatic heterocycles. The molecule has 0 bridgehead atoms. The first-order chi connectivity index (χ1) is 7.97. The smallest absolute Gasteiger partial charge is 0.366 e. The van der Waals surface area contributed by atoms with Crippen LogP contribution in [0.3, 0.4) is 0 Å². The molecule has 1 saturated heterocycles. The minimum Gasteiger partial charge on any atom is -0.366 e. The van der Waals surface area contributed by atoms with Crippen LogP contribution in [0, 0.1) is 0 Å². The first kappa shape index (κ1) is 12.6. The highest BCUT2D eigenvalue weighted by Crippen LogP contribution is 2.30. The third-order valence-corrected chi connectivity index (χ3v) is 2.82. The predicted molar refractivity (Wildman–Crippen MR) is 53.4 cm³/mol. The van der Waals surface area contributed by atoms with Crippen molar-refractivity contribution in [1.29, 1.82) is 0 Å². The molecular weight excluding hydrogens is 237 g/mol. The average Bonchev–Trinajstić information content (AvgIpc) is 3.09. The van der Waals surface area contributed by atoms with Crippen molar-refractivity contribution in [3.05, 3.63) is 0 Å². The number of morpholine rings is 1. The van der Waals surface area contributed by atoms with E-state index in [1.807, 2.05) is 0 Å². The van der Waals surface area contributed by atoms with E-state index in [0.717, 1.165) is 4.90 Å². The normalized spacial score (nSPS) is 25.7. The summed E-state index contributed by atoms with van der Waals surface area (Å²) in [6.07, 6.45) is -3.81. The molecule has 1 N–H and O–H groups in total. The fourth-order valence-electron chi connectivity index (χ4n) is 1.88. The number of amides is 1. The number of ether oxygens (including phenoxy) is 1. The minimum atomic E-state index is -4.35. The van der Waals surface area contributed by atoms with Gasteiger partial charge in [-0.1, -0.05) is 0 Å². The lowest BCUT2D eigenvalue weighted by atomic mass is 10.2. The van der Waals surface area contributed by atoms with Crippen LogP contribution in [0.1, 0.15) is 12.8 Å². The zero-order valence-corrected chi connectivity index (χ0v) is 9.29. The summed E-state index contributed by atoms with van der Waals surface area (Å²) in [5.74, 6) is -0.544. The molecule has 1 amide bonds. The Morgan fingerprint density at radius 1 is 1.41 bits per heavy atom. The van der Waals surface area contributed by atoms with Crippen molar-refractivity contribution < 1.29 is 22.7 Å². The van der Waals surface area contributed by atoms with E-state index in [9.17, 15) is 18.0 Å². The van der Waals surface area contributed by atoms with Crippen molar-refractivity contribution in [3.63, 3.8) is 0 Å². The molecule has 0 radical (unpaired) electrons. The quantitative estimate of drug-likeness (QED) is 0.796. The molecule has 7 heteroatoms. The highest BCUT2D eigenvalue weighted by molar-refractivity contribution is 5.82. The second kappa shape index (κ2) is 4.81. The molecular formula is C10H15F3N2O2. The maximum atomic E-state index is 12.4. The Labute approximate surface area is 97.1 Å². The average molecular weight is 252 g/mol. The Kier molecular flexibility index (Phi) is 3.58. The molecule has 0 aromatic heterocycles. The van der Waals surface area contributed by atoms with Crippen molar-refractivity contribution in [2.75, 3.05) is 26.2 Å². The fraction of sp³-hybridized carbons (Fsp3) is 0.900. The maximum absolute atomic E-state index is 12.4. The lowest BCUT2D eigenvalue weighted by molar-refractivity contribution is -0.170. The molecule has 1 aliphatic carbocycles. The number of carbonyl (C=O) groups is 1.